The molecule has 0 aliphatic heterocycles. The highest BCUT2D eigenvalue weighted by molar-refractivity contribution is 5.91. The van der Waals surface area contributed by atoms with Crippen LogP contribution in [-0.4, -0.2) is 15.8 Å². The first kappa shape index (κ1) is 19.1. The van der Waals surface area contributed by atoms with E-state index in [0.717, 1.165) is 32.1 Å². The molecule has 0 saturated carbocycles. The Morgan fingerprint density at radius 1 is 0.828 bits per heavy atom. The van der Waals surface area contributed by atoms with Crippen molar-refractivity contribution in [2.75, 3.05) is 0 Å². The van der Waals surface area contributed by atoms with Gasteiger partial charge in [-0.2, -0.15) is 0 Å². The molecular formula is C25H24N2O2. The predicted octanol–water partition coefficient (Wildman–Crippen LogP) is 6.27. The third kappa shape index (κ3) is 4.77. The van der Waals surface area contributed by atoms with Crippen LogP contribution in [0, 0.1) is 0 Å². The molecule has 0 aliphatic carbocycles. The summed E-state index contributed by atoms with van der Waals surface area (Å²) in [7, 11) is 0. The second-order valence-electron chi connectivity index (χ2n) is 7.22. The maximum Gasteiger partial charge on any atom is 0.263 e. The molecule has 0 spiro atoms. The number of rotatable bonds is 9. The molecule has 0 unspecified atom stereocenters. The fraction of sp³-hybridized carbons (Fsp3) is 0.240. The molecule has 0 N–H and O–H groups in total. The first-order valence-electron chi connectivity index (χ1n) is 10.2. The molecule has 0 atom stereocenters. The third-order valence-electron chi connectivity index (χ3n) is 5.14. The van der Waals surface area contributed by atoms with E-state index in [9.17, 15) is 4.79 Å². The molecule has 2 aromatic heterocycles. The van der Waals surface area contributed by atoms with Gasteiger partial charge in [-0.15, -0.1) is 0 Å². The van der Waals surface area contributed by atoms with E-state index in [1.165, 1.54) is 16.3 Å². The van der Waals surface area contributed by atoms with E-state index in [4.69, 9.17) is 4.42 Å². The summed E-state index contributed by atoms with van der Waals surface area (Å²) in [4.78, 5) is 20.6. The lowest BCUT2D eigenvalue weighted by atomic mass is 9.99. The van der Waals surface area contributed by atoms with Crippen molar-refractivity contribution < 1.29 is 9.21 Å². The molecule has 0 fully saturated rings. The van der Waals surface area contributed by atoms with Crippen LogP contribution >= 0.6 is 0 Å². The summed E-state index contributed by atoms with van der Waals surface area (Å²) in [6, 6.07) is 20.6. The van der Waals surface area contributed by atoms with Crippen molar-refractivity contribution in [1.82, 2.24) is 9.97 Å². The van der Waals surface area contributed by atoms with E-state index in [0.29, 0.717) is 17.9 Å². The number of nitrogens with zero attached hydrogens (tertiary/aromatic N) is 2. The number of oxazole rings is 1. The maximum atomic E-state index is 12.3. The van der Waals surface area contributed by atoms with E-state index in [2.05, 4.69) is 52.4 Å². The summed E-state index contributed by atoms with van der Waals surface area (Å²) in [5, 5.41) is 2.64. The van der Waals surface area contributed by atoms with E-state index in [1.807, 2.05) is 18.2 Å². The van der Waals surface area contributed by atoms with Gasteiger partial charge < -0.3 is 4.42 Å². The fourth-order valence-electron chi connectivity index (χ4n) is 3.60. The molecule has 0 bridgehead atoms. The summed E-state index contributed by atoms with van der Waals surface area (Å²) in [5.41, 5.74) is 2.09. The quantitative estimate of drug-likeness (QED) is 0.252. The number of fused-ring (bicyclic) bond motifs is 1. The second kappa shape index (κ2) is 9.28. The highest BCUT2D eigenvalue weighted by Gasteiger charge is 2.14. The molecule has 29 heavy (non-hydrogen) atoms. The van der Waals surface area contributed by atoms with Crippen molar-refractivity contribution in [3.05, 3.63) is 84.5 Å². The zero-order valence-electron chi connectivity index (χ0n) is 16.4. The summed E-state index contributed by atoms with van der Waals surface area (Å²) >= 11 is 0. The van der Waals surface area contributed by atoms with Crippen molar-refractivity contribution in [2.45, 2.75) is 38.5 Å². The van der Waals surface area contributed by atoms with Crippen LogP contribution in [0.1, 0.15) is 48.4 Å². The van der Waals surface area contributed by atoms with Gasteiger partial charge in [-0.25, -0.2) is 4.98 Å². The molecular weight excluding hydrogens is 360 g/mol. The summed E-state index contributed by atoms with van der Waals surface area (Å²) in [5.74, 6) is 0.673. The maximum absolute atomic E-state index is 12.3. The predicted molar refractivity (Wildman–Crippen MR) is 115 cm³/mol. The van der Waals surface area contributed by atoms with Gasteiger partial charge in [0.05, 0.1) is 6.20 Å². The number of hydrogen-bond donors (Lipinski definition) is 0. The Kier molecular flexibility index (Phi) is 6.10. The van der Waals surface area contributed by atoms with E-state index < -0.39 is 0 Å². The van der Waals surface area contributed by atoms with Gasteiger partial charge in [0.1, 0.15) is 5.69 Å². The zero-order chi connectivity index (χ0) is 19.9. The van der Waals surface area contributed by atoms with E-state index in [-0.39, 0.29) is 11.7 Å². The number of aryl methyl sites for hydroxylation is 1. The van der Waals surface area contributed by atoms with Gasteiger partial charge in [-0.1, -0.05) is 61.4 Å². The molecule has 0 aliphatic rings. The van der Waals surface area contributed by atoms with Crippen LogP contribution in [0.25, 0.3) is 22.2 Å². The van der Waals surface area contributed by atoms with Gasteiger partial charge in [0.15, 0.2) is 5.76 Å². The van der Waals surface area contributed by atoms with E-state index >= 15 is 0 Å². The Bertz CT molecular complexity index is 1080. The summed E-state index contributed by atoms with van der Waals surface area (Å²) < 4.78 is 5.59. The largest absolute Gasteiger partial charge is 0.432 e. The lowest BCUT2D eigenvalue weighted by Crippen LogP contribution is -1.99. The second-order valence-corrected chi connectivity index (χ2v) is 7.22. The Morgan fingerprint density at radius 3 is 2.55 bits per heavy atom. The average Bonchev–Trinajstić information content (AvgIpc) is 3.27. The lowest BCUT2D eigenvalue weighted by Gasteiger charge is -2.06. The third-order valence-corrected chi connectivity index (χ3v) is 5.14. The van der Waals surface area contributed by atoms with Gasteiger partial charge in [0.2, 0.25) is 5.78 Å². The van der Waals surface area contributed by atoms with Crippen molar-refractivity contribution in [2.24, 2.45) is 0 Å². The molecule has 2 heterocycles. The average molecular weight is 384 g/mol. The number of hydrogen-bond acceptors (Lipinski definition) is 4. The Labute approximate surface area is 170 Å². The molecule has 4 heteroatoms. The number of pyridine rings is 1. The monoisotopic (exact) mass is 384 g/mol. The first-order valence-corrected chi connectivity index (χ1v) is 10.2. The Hall–Kier alpha value is -3.27. The minimum atomic E-state index is -0.0405. The fourth-order valence-corrected chi connectivity index (χ4v) is 3.60. The number of benzene rings is 2. The van der Waals surface area contributed by atoms with Crippen molar-refractivity contribution in [1.29, 1.82) is 0 Å². The topological polar surface area (TPSA) is 56.0 Å². The standard InChI is InChI=1S/C25H24N2O2/c28-23(25-27-18-24(29-25)22-15-7-8-17-26-22)16-4-2-1-3-10-19-12-9-13-20-11-5-6-14-21(19)20/h5-9,11-15,17-18H,1-4,10,16H2. The minimum absolute atomic E-state index is 0.0405. The van der Waals surface area contributed by atoms with Crippen LogP contribution in [0.4, 0.5) is 0 Å². The molecule has 4 nitrogen and oxygen atoms in total. The highest BCUT2D eigenvalue weighted by Crippen LogP contribution is 2.21. The molecule has 146 valence electrons. The first-order chi connectivity index (χ1) is 14.3. The van der Waals surface area contributed by atoms with Crippen LogP contribution in [-0.2, 0) is 6.42 Å². The number of unbranched alkanes of at least 4 members (excludes halogenated alkanes) is 3. The molecule has 4 aromatic rings. The van der Waals surface area contributed by atoms with Crippen LogP contribution in [0.3, 0.4) is 0 Å². The van der Waals surface area contributed by atoms with Crippen LogP contribution in [0.15, 0.2) is 77.5 Å². The van der Waals surface area contributed by atoms with Gasteiger partial charge in [0, 0.05) is 12.6 Å². The van der Waals surface area contributed by atoms with Crippen LogP contribution < -0.4 is 0 Å². The highest BCUT2D eigenvalue weighted by atomic mass is 16.4. The van der Waals surface area contributed by atoms with E-state index in [1.54, 1.807) is 12.4 Å². The SMILES string of the molecule is O=C(CCCCCCc1cccc2ccccc12)c1ncc(-c2ccccn2)o1. The van der Waals surface area contributed by atoms with Crippen molar-refractivity contribution in [3.8, 4) is 11.5 Å². The number of ketones is 1. The van der Waals surface area contributed by atoms with Gasteiger partial charge in [0.25, 0.3) is 5.89 Å². The zero-order valence-corrected chi connectivity index (χ0v) is 16.4. The van der Waals surface area contributed by atoms with Crippen LogP contribution in [0.2, 0.25) is 0 Å². The van der Waals surface area contributed by atoms with Crippen molar-refractivity contribution in [3.63, 3.8) is 0 Å². The molecule has 4 rings (SSSR count). The minimum Gasteiger partial charge on any atom is -0.432 e. The normalized spacial score (nSPS) is 11.0. The molecule has 2 aromatic carbocycles. The molecule has 0 amide bonds. The molecule has 0 radical (unpaired) electrons. The van der Waals surface area contributed by atoms with Crippen LogP contribution in [0.5, 0.6) is 0 Å². The Morgan fingerprint density at radius 2 is 1.66 bits per heavy atom. The smallest absolute Gasteiger partial charge is 0.263 e. The number of carbonyl (C=O) groups excluding carboxylic acids is 1. The summed E-state index contributed by atoms with van der Waals surface area (Å²) in [6.07, 6.45) is 8.93. The van der Waals surface area contributed by atoms with Gasteiger partial charge >= 0.3 is 0 Å². The van der Waals surface area contributed by atoms with Crippen molar-refractivity contribution >= 4 is 16.6 Å². The van der Waals surface area contributed by atoms with Gasteiger partial charge in [-0.05, 0) is 47.7 Å². The number of Topliss-reactive ketones (excluding diaryl/α,β-unsaturated/α-hetero) is 1. The Balaban J connectivity index is 1.21. The molecule has 0 saturated heterocycles. The number of aromatic nitrogens is 2. The summed E-state index contributed by atoms with van der Waals surface area (Å²) in [6.45, 7) is 0. The van der Waals surface area contributed by atoms with Gasteiger partial charge in [-0.3, -0.25) is 9.78 Å². The number of carbonyl (C=O) groups is 1. The lowest BCUT2D eigenvalue weighted by molar-refractivity contribution is 0.0946.